The van der Waals surface area contributed by atoms with Crippen LogP contribution in [0.4, 0.5) is 8.78 Å². The van der Waals surface area contributed by atoms with Gasteiger partial charge < -0.3 is 5.32 Å². The van der Waals surface area contributed by atoms with Crippen molar-refractivity contribution < 1.29 is 8.78 Å². The lowest BCUT2D eigenvalue weighted by Crippen LogP contribution is -2.19. The number of hydrogen-bond donors (Lipinski definition) is 1. The van der Waals surface area contributed by atoms with Crippen LogP contribution in [0.15, 0.2) is 22.9 Å². The maximum absolute atomic E-state index is 14.0. The molecule has 4 heteroatoms. The Balaban J connectivity index is 2.52. The highest BCUT2D eigenvalue weighted by molar-refractivity contribution is 7.08. The Bertz CT molecular complexity index is 563. The Morgan fingerprint density at radius 2 is 1.72 bits per heavy atom. The Kier molecular flexibility index (Phi) is 3.78. The van der Waals surface area contributed by atoms with Gasteiger partial charge in [0.25, 0.3) is 0 Å². The van der Waals surface area contributed by atoms with Crippen molar-refractivity contribution in [1.82, 2.24) is 5.32 Å². The molecule has 1 unspecified atom stereocenters. The Hall–Kier alpha value is -1.26. The number of hydrogen-bond acceptors (Lipinski definition) is 2. The number of halogens is 2. The number of aryl methyl sites for hydroxylation is 2. The summed E-state index contributed by atoms with van der Waals surface area (Å²) in [4.78, 5) is 0. The van der Waals surface area contributed by atoms with E-state index in [0.29, 0.717) is 11.1 Å². The van der Waals surface area contributed by atoms with E-state index < -0.39 is 0 Å². The van der Waals surface area contributed by atoms with Crippen molar-refractivity contribution in [2.24, 2.45) is 0 Å². The van der Waals surface area contributed by atoms with Gasteiger partial charge in [0.2, 0.25) is 0 Å². The standard InChI is InChI=1S/C14H15F2NS/c1-8-4-13(16)10(5-12(8)15)14(17-3)11-7-18-6-9(11)2/h4-7,14,17H,1-3H3. The predicted octanol–water partition coefficient (Wildman–Crippen LogP) is 3.95. The van der Waals surface area contributed by atoms with Gasteiger partial charge in [0.05, 0.1) is 6.04 Å². The fraction of sp³-hybridized carbons (Fsp3) is 0.286. The van der Waals surface area contributed by atoms with Crippen LogP contribution in [0.25, 0.3) is 0 Å². The van der Waals surface area contributed by atoms with Gasteiger partial charge in [-0.1, -0.05) is 0 Å². The summed E-state index contributed by atoms with van der Waals surface area (Å²) in [6.07, 6.45) is 0. The van der Waals surface area contributed by atoms with Gasteiger partial charge in [-0.3, -0.25) is 0 Å². The van der Waals surface area contributed by atoms with Crippen molar-refractivity contribution in [3.05, 3.63) is 56.8 Å². The molecule has 0 spiro atoms. The van der Waals surface area contributed by atoms with E-state index in [4.69, 9.17) is 0 Å². The highest BCUT2D eigenvalue weighted by atomic mass is 32.1. The van der Waals surface area contributed by atoms with Gasteiger partial charge >= 0.3 is 0 Å². The van der Waals surface area contributed by atoms with E-state index >= 15 is 0 Å². The summed E-state index contributed by atoms with van der Waals surface area (Å²) in [6.45, 7) is 3.53. The van der Waals surface area contributed by atoms with Crippen LogP contribution >= 0.6 is 11.3 Å². The van der Waals surface area contributed by atoms with Crippen molar-refractivity contribution in [3.63, 3.8) is 0 Å². The number of nitrogens with one attached hydrogen (secondary N) is 1. The van der Waals surface area contributed by atoms with Gasteiger partial charge in [0.15, 0.2) is 0 Å². The number of benzene rings is 1. The average molecular weight is 267 g/mol. The third-order valence-electron chi connectivity index (χ3n) is 3.08. The van der Waals surface area contributed by atoms with Crippen molar-refractivity contribution in [2.45, 2.75) is 19.9 Å². The summed E-state index contributed by atoms with van der Waals surface area (Å²) in [5.41, 5.74) is 2.75. The molecule has 0 aliphatic heterocycles. The molecule has 2 aromatic rings. The Morgan fingerprint density at radius 3 is 2.28 bits per heavy atom. The van der Waals surface area contributed by atoms with Gasteiger partial charge in [-0.25, -0.2) is 8.78 Å². The summed E-state index contributed by atoms with van der Waals surface area (Å²) >= 11 is 1.56. The lowest BCUT2D eigenvalue weighted by Gasteiger charge is -2.18. The first-order valence-corrected chi connectivity index (χ1v) is 6.64. The molecule has 1 aromatic heterocycles. The molecule has 0 aliphatic rings. The summed E-state index contributed by atoms with van der Waals surface area (Å²) in [5, 5.41) is 7.02. The molecule has 1 atom stereocenters. The zero-order valence-electron chi connectivity index (χ0n) is 10.6. The quantitative estimate of drug-likeness (QED) is 0.887. The molecule has 0 saturated carbocycles. The summed E-state index contributed by atoms with van der Waals surface area (Å²) < 4.78 is 27.6. The number of rotatable bonds is 3. The first-order chi connectivity index (χ1) is 8.54. The molecule has 1 N–H and O–H groups in total. The topological polar surface area (TPSA) is 12.0 Å². The van der Waals surface area contributed by atoms with Gasteiger partial charge in [0, 0.05) is 5.56 Å². The third-order valence-corrected chi connectivity index (χ3v) is 3.96. The molecular weight excluding hydrogens is 252 g/mol. The second-order valence-electron chi connectivity index (χ2n) is 4.35. The molecule has 1 heterocycles. The maximum Gasteiger partial charge on any atom is 0.128 e. The minimum Gasteiger partial charge on any atom is -0.309 e. The molecule has 0 radical (unpaired) electrons. The fourth-order valence-electron chi connectivity index (χ4n) is 2.03. The van der Waals surface area contributed by atoms with Crippen molar-refractivity contribution in [3.8, 4) is 0 Å². The molecule has 0 aliphatic carbocycles. The molecule has 2 rings (SSSR count). The molecule has 1 nitrogen and oxygen atoms in total. The van der Waals surface area contributed by atoms with Crippen LogP contribution in [0.5, 0.6) is 0 Å². The van der Waals surface area contributed by atoms with E-state index in [1.54, 1.807) is 25.3 Å². The Morgan fingerprint density at radius 1 is 1.00 bits per heavy atom. The van der Waals surface area contributed by atoms with E-state index in [-0.39, 0.29) is 17.7 Å². The lowest BCUT2D eigenvalue weighted by molar-refractivity contribution is 0.553. The largest absolute Gasteiger partial charge is 0.309 e. The van der Waals surface area contributed by atoms with E-state index in [1.807, 2.05) is 17.7 Å². The molecule has 1 aromatic carbocycles. The van der Waals surface area contributed by atoms with Crippen LogP contribution in [0.3, 0.4) is 0 Å². The third kappa shape index (κ3) is 2.31. The molecule has 0 saturated heterocycles. The highest BCUT2D eigenvalue weighted by Gasteiger charge is 2.20. The lowest BCUT2D eigenvalue weighted by atomic mass is 9.97. The van der Waals surface area contributed by atoms with Crippen molar-refractivity contribution in [1.29, 1.82) is 0 Å². The second-order valence-corrected chi connectivity index (χ2v) is 5.10. The summed E-state index contributed by atoms with van der Waals surface area (Å²) in [6, 6.07) is 2.21. The van der Waals surface area contributed by atoms with Crippen LogP contribution in [0, 0.1) is 25.5 Å². The van der Waals surface area contributed by atoms with E-state index in [2.05, 4.69) is 5.32 Å². The van der Waals surface area contributed by atoms with Crippen LogP contribution in [0.1, 0.15) is 28.3 Å². The van der Waals surface area contributed by atoms with Crippen molar-refractivity contribution in [2.75, 3.05) is 7.05 Å². The smallest absolute Gasteiger partial charge is 0.128 e. The van der Waals surface area contributed by atoms with Crippen LogP contribution < -0.4 is 5.32 Å². The monoisotopic (exact) mass is 267 g/mol. The first-order valence-electron chi connectivity index (χ1n) is 5.70. The predicted molar refractivity (Wildman–Crippen MR) is 71.1 cm³/mol. The van der Waals surface area contributed by atoms with Crippen LogP contribution in [-0.2, 0) is 0 Å². The van der Waals surface area contributed by atoms with Gasteiger partial charge in [-0.2, -0.15) is 11.3 Å². The van der Waals surface area contributed by atoms with E-state index in [9.17, 15) is 8.78 Å². The van der Waals surface area contributed by atoms with Crippen LogP contribution in [0.2, 0.25) is 0 Å². The molecule has 0 bridgehead atoms. The van der Waals surface area contributed by atoms with Crippen LogP contribution in [-0.4, -0.2) is 7.05 Å². The molecule has 0 amide bonds. The Labute approximate surface area is 109 Å². The highest BCUT2D eigenvalue weighted by Crippen LogP contribution is 2.30. The molecule has 18 heavy (non-hydrogen) atoms. The zero-order chi connectivity index (χ0) is 13.3. The molecule has 96 valence electrons. The number of thiophene rings is 1. The van der Waals surface area contributed by atoms with Gasteiger partial charge in [0.1, 0.15) is 11.6 Å². The summed E-state index contributed by atoms with van der Waals surface area (Å²) in [7, 11) is 1.75. The molecule has 0 fully saturated rings. The van der Waals surface area contributed by atoms with Crippen molar-refractivity contribution >= 4 is 11.3 Å². The van der Waals surface area contributed by atoms with Gasteiger partial charge in [-0.15, -0.1) is 0 Å². The summed E-state index contributed by atoms with van der Waals surface area (Å²) in [5.74, 6) is -0.751. The first kappa shape index (κ1) is 13.2. The van der Waals surface area contributed by atoms with E-state index in [1.165, 1.54) is 12.1 Å². The molecular formula is C14H15F2NS. The maximum atomic E-state index is 14.0. The van der Waals surface area contributed by atoms with E-state index in [0.717, 1.165) is 11.1 Å². The fourth-order valence-corrected chi connectivity index (χ4v) is 2.90. The normalized spacial score (nSPS) is 12.7. The minimum atomic E-state index is -0.376. The van der Waals surface area contributed by atoms with Gasteiger partial charge in [-0.05, 0) is 60.5 Å². The SMILES string of the molecule is CNC(c1cscc1C)c1cc(F)c(C)cc1F. The minimum absolute atomic E-state index is 0.314. The average Bonchev–Trinajstić information content (AvgIpc) is 2.73. The second kappa shape index (κ2) is 5.16. The zero-order valence-corrected chi connectivity index (χ0v) is 11.4.